The summed E-state index contributed by atoms with van der Waals surface area (Å²) in [4.78, 5) is 36.0. The van der Waals surface area contributed by atoms with Gasteiger partial charge >= 0.3 is 5.97 Å². The zero-order valence-electron chi connectivity index (χ0n) is 14.5. The SMILES string of the molecule is COC(=O)[C@@H](CCSC)NC(=O)c1ccc(NC(=O)c2ccco2)cc1. The van der Waals surface area contributed by atoms with Gasteiger partial charge in [-0.2, -0.15) is 11.8 Å². The van der Waals surface area contributed by atoms with Crippen molar-refractivity contribution in [2.75, 3.05) is 24.4 Å². The van der Waals surface area contributed by atoms with Gasteiger partial charge < -0.3 is 19.8 Å². The number of ether oxygens (including phenoxy) is 1. The van der Waals surface area contributed by atoms with Crippen LogP contribution in [0.2, 0.25) is 0 Å². The van der Waals surface area contributed by atoms with E-state index in [2.05, 4.69) is 10.6 Å². The predicted molar refractivity (Wildman–Crippen MR) is 99.4 cm³/mol. The maximum Gasteiger partial charge on any atom is 0.328 e. The Balaban J connectivity index is 1.98. The minimum Gasteiger partial charge on any atom is -0.467 e. The number of benzene rings is 1. The van der Waals surface area contributed by atoms with Crippen LogP contribution in [0.15, 0.2) is 47.1 Å². The van der Waals surface area contributed by atoms with E-state index < -0.39 is 12.0 Å². The van der Waals surface area contributed by atoms with Crippen molar-refractivity contribution in [1.82, 2.24) is 5.32 Å². The van der Waals surface area contributed by atoms with Crippen LogP contribution in [0.4, 0.5) is 5.69 Å². The van der Waals surface area contributed by atoms with Gasteiger partial charge in [-0.3, -0.25) is 9.59 Å². The molecule has 1 aromatic heterocycles. The first kappa shape index (κ1) is 19.6. The normalized spacial score (nSPS) is 11.5. The van der Waals surface area contributed by atoms with Gasteiger partial charge in [0.2, 0.25) is 0 Å². The van der Waals surface area contributed by atoms with Gasteiger partial charge in [-0.15, -0.1) is 0 Å². The van der Waals surface area contributed by atoms with Gasteiger partial charge in [0.05, 0.1) is 13.4 Å². The highest BCUT2D eigenvalue weighted by atomic mass is 32.2. The van der Waals surface area contributed by atoms with E-state index in [1.54, 1.807) is 48.2 Å². The molecule has 1 atom stereocenters. The van der Waals surface area contributed by atoms with E-state index in [9.17, 15) is 14.4 Å². The van der Waals surface area contributed by atoms with Crippen molar-refractivity contribution in [3.8, 4) is 0 Å². The van der Waals surface area contributed by atoms with Crippen LogP contribution in [0.5, 0.6) is 0 Å². The number of anilines is 1. The van der Waals surface area contributed by atoms with E-state index in [-0.39, 0.29) is 17.6 Å². The van der Waals surface area contributed by atoms with Crippen molar-refractivity contribution in [2.45, 2.75) is 12.5 Å². The number of rotatable bonds is 8. The summed E-state index contributed by atoms with van der Waals surface area (Å²) < 4.78 is 9.74. The van der Waals surface area contributed by atoms with Crippen molar-refractivity contribution >= 4 is 35.2 Å². The lowest BCUT2D eigenvalue weighted by atomic mass is 10.1. The zero-order chi connectivity index (χ0) is 18.9. The molecule has 26 heavy (non-hydrogen) atoms. The smallest absolute Gasteiger partial charge is 0.328 e. The Labute approximate surface area is 155 Å². The number of furan rings is 1. The standard InChI is InChI=1S/C18H20N2O5S/c1-24-18(23)14(9-11-26-2)20-16(21)12-5-7-13(8-6-12)19-17(22)15-4-3-10-25-15/h3-8,10,14H,9,11H2,1-2H3,(H,19,22)(H,20,21)/t14-/m1/s1. The second-order valence-electron chi connectivity index (χ2n) is 5.34. The molecule has 0 spiro atoms. The quantitative estimate of drug-likeness (QED) is 0.687. The number of amides is 2. The Morgan fingerprint density at radius 1 is 1.15 bits per heavy atom. The van der Waals surface area contributed by atoms with Gasteiger partial charge in [0.25, 0.3) is 11.8 Å². The van der Waals surface area contributed by atoms with Crippen LogP contribution >= 0.6 is 11.8 Å². The summed E-state index contributed by atoms with van der Waals surface area (Å²) in [5, 5.41) is 5.34. The lowest BCUT2D eigenvalue weighted by Gasteiger charge is -2.16. The average Bonchev–Trinajstić information content (AvgIpc) is 3.19. The number of carbonyl (C=O) groups excluding carboxylic acids is 3. The first-order valence-electron chi connectivity index (χ1n) is 7.87. The summed E-state index contributed by atoms with van der Waals surface area (Å²) in [6.45, 7) is 0. The lowest BCUT2D eigenvalue weighted by molar-refractivity contribution is -0.142. The third-order valence-electron chi connectivity index (χ3n) is 3.55. The molecule has 2 amide bonds. The van der Waals surface area contributed by atoms with Crippen molar-refractivity contribution < 1.29 is 23.5 Å². The van der Waals surface area contributed by atoms with Crippen molar-refractivity contribution in [3.63, 3.8) is 0 Å². The Hall–Kier alpha value is -2.74. The largest absolute Gasteiger partial charge is 0.467 e. The number of nitrogens with one attached hydrogen (secondary N) is 2. The molecule has 2 aromatic rings. The summed E-state index contributed by atoms with van der Waals surface area (Å²) in [6, 6.07) is 8.82. The fourth-order valence-electron chi connectivity index (χ4n) is 2.17. The van der Waals surface area contributed by atoms with E-state index in [1.807, 2.05) is 6.26 Å². The molecule has 0 aliphatic rings. The molecule has 0 radical (unpaired) electrons. The first-order valence-corrected chi connectivity index (χ1v) is 9.27. The van der Waals surface area contributed by atoms with Gasteiger partial charge in [0, 0.05) is 11.3 Å². The van der Waals surface area contributed by atoms with Gasteiger partial charge in [0.15, 0.2) is 5.76 Å². The Morgan fingerprint density at radius 2 is 1.88 bits per heavy atom. The van der Waals surface area contributed by atoms with Gasteiger partial charge in [-0.25, -0.2) is 4.79 Å². The molecule has 0 saturated heterocycles. The van der Waals surface area contributed by atoms with Crippen LogP contribution < -0.4 is 10.6 Å². The summed E-state index contributed by atoms with van der Waals surface area (Å²) in [7, 11) is 1.29. The molecule has 1 heterocycles. The lowest BCUT2D eigenvalue weighted by Crippen LogP contribution is -2.41. The van der Waals surface area contributed by atoms with Crippen molar-refractivity contribution in [1.29, 1.82) is 0 Å². The highest BCUT2D eigenvalue weighted by molar-refractivity contribution is 7.98. The minimum atomic E-state index is -0.696. The molecule has 8 heteroatoms. The Bertz CT molecular complexity index is 743. The summed E-state index contributed by atoms with van der Waals surface area (Å²) in [5.74, 6) is -0.325. The molecule has 0 saturated carbocycles. The highest BCUT2D eigenvalue weighted by Crippen LogP contribution is 2.12. The van der Waals surface area contributed by atoms with E-state index in [0.717, 1.165) is 5.75 Å². The summed E-state index contributed by atoms with van der Waals surface area (Å²) >= 11 is 1.58. The first-order chi connectivity index (χ1) is 12.5. The molecule has 2 N–H and O–H groups in total. The van der Waals surface area contributed by atoms with Crippen molar-refractivity contribution in [2.24, 2.45) is 0 Å². The zero-order valence-corrected chi connectivity index (χ0v) is 15.3. The van der Waals surface area contributed by atoms with Crippen molar-refractivity contribution in [3.05, 3.63) is 54.0 Å². The monoisotopic (exact) mass is 376 g/mol. The van der Waals surface area contributed by atoms with E-state index in [4.69, 9.17) is 9.15 Å². The van der Waals surface area contributed by atoms with E-state index >= 15 is 0 Å². The molecular weight excluding hydrogens is 356 g/mol. The van der Waals surface area contributed by atoms with Gasteiger partial charge in [-0.05, 0) is 54.8 Å². The number of hydrogen-bond donors (Lipinski definition) is 2. The van der Waals surface area contributed by atoms with E-state index in [1.165, 1.54) is 13.4 Å². The number of hydrogen-bond acceptors (Lipinski definition) is 6. The molecule has 0 aliphatic carbocycles. The summed E-state index contributed by atoms with van der Waals surface area (Å²) in [5.41, 5.74) is 0.897. The number of thioether (sulfide) groups is 1. The number of carbonyl (C=O) groups is 3. The maximum atomic E-state index is 12.3. The second kappa shape index (κ2) is 9.67. The van der Waals surface area contributed by atoms with Crippen LogP contribution in [0.1, 0.15) is 27.3 Å². The fourth-order valence-corrected chi connectivity index (χ4v) is 2.65. The molecule has 2 rings (SSSR count). The van der Waals surface area contributed by atoms with Crippen LogP contribution in [-0.2, 0) is 9.53 Å². The number of esters is 1. The highest BCUT2D eigenvalue weighted by Gasteiger charge is 2.21. The predicted octanol–water partition coefficient (Wildman–Crippen LogP) is 2.56. The molecule has 1 aromatic carbocycles. The Kier molecular flexibility index (Phi) is 7.28. The molecule has 7 nitrogen and oxygen atoms in total. The minimum absolute atomic E-state index is 0.196. The molecular formula is C18H20N2O5S. The van der Waals surface area contributed by atoms with Crippen LogP contribution in [-0.4, -0.2) is 42.9 Å². The van der Waals surface area contributed by atoms with E-state index in [0.29, 0.717) is 17.7 Å². The molecule has 0 fully saturated rings. The fraction of sp³-hybridized carbons (Fsp3) is 0.278. The Morgan fingerprint density at radius 3 is 2.46 bits per heavy atom. The molecule has 0 bridgehead atoms. The number of methoxy groups -OCH3 is 1. The summed E-state index contributed by atoms with van der Waals surface area (Å²) in [6.07, 6.45) is 3.82. The van der Waals surface area contributed by atoms with Crippen LogP contribution in [0.3, 0.4) is 0 Å². The molecule has 0 aliphatic heterocycles. The van der Waals surface area contributed by atoms with Gasteiger partial charge in [-0.1, -0.05) is 0 Å². The maximum absolute atomic E-state index is 12.3. The topological polar surface area (TPSA) is 97.6 Å². The average molecular weight is 376 g/mol. The molecule has 0 unspecified atom stereocenters. The third kappa shape index (κ3) is 5.38. The second-order valence-corrected chi connectivity index (χ2v) is 6.33. The molecule has 138 valence electrons. The van der Waals surface area contributed by atoms with Crippen LogP contribution in [0, 0.1) is 0 Å². The van der Waals surface area contributed by atoms with Crippen LogP contribution in [0.25, 0.3) is 0 Å². The van der Waals surface area contributed by atoms with Gasteiger partial charge in [0.1, 0.15) is 6.04 Å². The third-order valence-corrected chi connectivity index (χ3v) is 4.20.